The van der Waals surface area contributed by atoms with E-state index < -0.39 is 0 Å². The lowest BCUT2D eigenvalue weighted by Gasteiger charge is -2.08. The lowest BCUT2D eigenvalue weighted by atomic mass is 10.1. The number of halogens is 2. The SMILES string of the molecule is O=C(NCCc1ccc(Cl)cc1Cl)c1ccc(O)c(O)c1. The number of hydrogen-bond donors (Lipinski definition) is 3. The molecule has 0 atom stereocenters. The highest BCUT2D eigenvalue weighted by atomic mass is 35.5. The first-order chi connectivity index (χ1) is 9.97. The Morgan fingerprint density at radius 3 is 2.48 bits per heavy atom. The Bertz CT molecular complexity index is 674. The molecule has 0 heterocycles. The van der Waals surface area contributed by atoms with E-state index in [9.17, 15) is 15.0 Å². The Hall–Kier alpha value is -1.91. The van der Waals surface area contributed by atoms with Crippen LogP contribution in [0.2, 0.25) is 10.0 Å². The topological polar surface area (TPSA) is 69.6 Å². The fourth-order valence-electron chi connectivity index (χ4n) is 1.80. The van der Waals surface area contributed by atoms with Crippen molar-refractivity contribution < 1.29 is 15.0 Å². The van der Waals surface area contributed by atoms with E-state index in [1.807, 2.05) is 6.07 Å². The summed E-state index contributed by atoms with van der Waals surface area (Å²) < 4.78 is 0. The average molecular weight is 326 g/mol. The number of benzene rings is 2. The highest BCUT2D eigenvalue weighted by molar-refractivity contribution is 6.35. The van der Waals surface area contributed by atoms with Crippen molar-refractivity contribution in [1.82, 2.24) is 5.32 Å². The highest BCUT2D eigenvalue weighted by Crippen LogP contribution is 2.25. The van der Waals surface area contributed by atoms with Crippen LogP contribution in [0.25, 0.3) is 0 Å². The Balaban J connectivity index is 1.93. The van der Waals surface area contributed by atoms with Crippen LogP contribution in [-0.2, 0) is 6.42 Å². The molecular formula is C15H13Cl2NO3. The predicted octanol–water partition coefficient (Wildman–Crippen LogP) is 3.38. The summed E-state index contributed by atoms with van der Waals surface area (Å²) in [5.41, 5.74) is 1.16. The summed E-state index contributed by atoms with van der Waals surface area (Å²) in [5.74, 6) is -0.932. The number of carbonyl (C=O) groups is 1. The van der Waals surface area contributed by atoms with Gasteiger partial charge in [-0.15, -0.1) is 0 Å². The second kappa shape index (κ2) is 6.70. The molecule has 2 aromatic carbocycles. The molecule has 110 valence electrons. The molecule has 4 nitrogen and oxygen atoms in total. The van der Waals surface area contributed by atoms with Gasteiger partial charge in [0, 0.05) is 22.2 Å². The van der Waals surface area contributed by atoms with Crippen LogP contribution in [0.3, 0.4) is 0 Å². The predicted molar refractivity (Wildman–Crippen MR) is 82.3 cm³/mol. The summed E-state index contributed by atoms with van der Waals surface area (Å²) in [6.07, 6.45) is 0.561. The number of rotatable bonds is 4. The first-order valence-electron chi connectivity index (χ1n) is 6.21. The Morgan fingerprint density at radius 1 is 1.05 bits per heavy atom. The normalized spacial score (nSPS) is 10.4. The second-order valence-electron chi connectivity index (χ2n) is 4.45. The maximum Gasteiger partial charge on any atom is 0.251 e. The number of carbonyl (C=O) groups excluding carboxylic acids is 1. The van der Waals surface area contributed by atoms with Gasteiger partial charge in [-0.2, -0.15) is 0 Å². The van der Waals surface area contributed by atoms with E-state index in [-0.39, 0.29) is 23.0 Å². The fourth-order valence-corrected chi connectivity index (χ4v) is 2.30. The van der Waals surface area contributed by atoms with Crippen molar-refractivity contribution in [3.63, 3.8) is 0 Å². The first-order valence-corrected chi connectivity index (χ1v) is 6.97. The minimum absolute atomic E-state index is 0.264. The van der Waals surface area contributed by atoms with Crippen molar-refractivity contribution in [2.45, 2.75) is 6.42 Å². The van der Waals surface area contributed by atoms with Gasteiger partial charge in [-0.05, 0) is 42.3 Å². The number of aromatic hydroxyl groups is 2. The summed E-state index contributed by atoms with van der Waals surface area (Å²) in [7, 11) is 0. The molecule has 0 saturated carbocycles. The van der Waals surface area contributed by atoms with E-state index in [4.69, 9.17) is 23.2 Å². The Morgan fingerprint density at radius 2 is 1.81 bits per heavy atom. The zero-order chi connectivity index (χ0) is 15.4. The molecule has 1 amide bonds. The third kappa shape index (κ3) is 4.03. The van der Waals surface area contributed by atoms with Gasteiger partial charge in [-0.1, -0.05) is 29.3 Å². The molecular weight excluding hydrogens is 313 g/mol. The van der Waals surface area contributed by atoms with Crippen LogP contribution in [-0.4, -0.2) is 22.7 Å². The number of phenolic OH excluding ortho intramolecular Hbond substituents is 2. The van der Waals surface area contributed by atoms with E-state index in [0.29, 0.717) is 23.0 Å². The largest absolute Gasteiger partial charge is 0.504 e. The quantitative estimate of drug-likeness (QED) is 0.755. The molecule has 0 aliphatic heterocycles. The van der Waals surface area contributed by atoms with E-state index in [1.54, 1.807) is 12.1 Å². The molecule has 0 aliphatic carbocycles. The molecule has 2 aromatic rings. The number of nitrogens with one attached hydrogen (secondary N) is 1. The average Bonchev–Trinajstić information content (AvgIpc) is 2.44. The van der Waals surface area contributed by atoms with E-state index in [2.05, 4.69) is 5.32 Å². The van der Waals surface area contributed by atoms with Gasteiger partial charge in [-0.3, -0.25) is 4.79 Å². The van der Waals surface area contributed by atoms with Crippen molar-refractivity contribution >= 4 is 29.1 Å². The van der Waals surface area contributed by atoms with Gasteiger partial charge in [0.2, 0.25) is 0 Å². The monoisotopic (exact) mass is 325 g/mol. The van der Waals surface area contributed by atoms with E-state index >= 15 is 0 Å². The third-order valence-corrected chi connectivity index (χ3v) is 3.52. The molecule has 0 spiro atoms. The lowest BCUT2D eigenvalue weighted by molar-refractivity contribution is 0.0953. The van der Waals surface area contributed by atoms with Crippen LogP contribution in [0.5, 0.6) is 11.5 Å². The summed E-state index contributed by atoms with van der Waals surface area (Å²) in [4.78, 5) is 11.9. The number of amides is 1. The zero-order valence-electron chi connectivity index (χ0n) is 10.9. The van der Waals surface area contributed by atoms with Crippen LogP contribution in [0.1, 0.15) is 15.9 Å². The molecule has 21 heavy (non-hydrogen) atoms. The molecule has 0 bridgehead atoms. The number of hydrogen-bond acceptors (Lipinski definition) is 3. The summed E-state index contributed by atoms with van der Waals surface area (Å²) in [6, 6.07) is 9.10. The van der Waals surface area contributed by atoms with Gasteiger partial charge in [0.15, 0.2) is 11.5 Å². The van der Waals surface area contributed by atoms with Crippen molar-refractivity contribution in [2.24, 2.45) is 0 Å². The Kier molecular flexibility index (Phi) is 4.94. The number of phenols is 2. The van der Waals surface area contributed by atoms with E-state index in [1.165, 1.54) is 18.2 Å². The van der Waals surface area contributed by atoms with Crippen molar-refractivity contribution in [2.75, 3.05) is 6.54 Å². The van der Waals surface area contributed by atoms with Crippen molar-refractivity contribution in [3.05, 3.63) is 57.6 Å². The highest BCUT2D eigenvalue weighted by Gasteiger charge is 2.09. The van der Waals surface area contributed by atoms with Gasteiger partial charge in [-0.25, -0.2) is 0 Å². The smallest absolute Gasteiger partial charge is 0.251 e. The van der Waals surface area contributed by atoms with Crippen LogP contribution in [0, 0.1) is 0 Å². The minimum Gasteiger partial charge on any atom is -0.504 e. The maximum absolute atomic E-state index is 11.9. The molecule has 2 rings (SSSR count). The molecule has 0 saturated heterocycles. The van der Waals surface area contributed by atoms with Crippen molar-refractivity contribution in [1.29, 1.82) is 0 Å². The molecule has 0 radical (unpaired) electrons. The van der Waals surface area contributed by atoms with Crippen LogP contribution in [0.4, 0.5) is 0 Å². The summed E-state index contributed by atoms with van der Waals surface area (Å²) in [5, 5.41) is 22.4. The van der Waals surface area contributed by atoms with Crippen LogP contribution < -0.4 is 5.32 Å². The molecule has 0 aromatic heterocycles. The lowest BCUT2D eigenvalue weighted by Crippen LogP contribution is -2.25. The van der Waals surface area contributed by atoms with Gasteiger partial charge >= 0.3 is 0 Å². The summed E-state index contributed by atoms with van der Waals surface area (Å²) >= 11 is 11.9. The molecule has 0 fully saturated rings. The Labute approximate surface area is 131 Å². The van der Waals surface area contributed by atoms with E-state index in [0.717, 1.165) is 5.56 Å². The van der Waals surface area contributed by atoms with Gasteiger partial charge < -0.3 is 15.5 Å². The molecule has 0 aliphatic rings. The van der Waals surface area contributed by atoms with Gasteiger partial charge in [0.05, 0.1) is 0 Å². The van der Waals surface area contributed by atoms with Gasteiger partial charge in [0.1, 0.15) is 0 Å². The third-order valence-electron chi connectivity index (χ3n) is 2.93. The standard InChI is InChI=1S/C15H13Cl2NO3/c16-11-3-1-9(12(17)8-11)5-6-18-15(21)10-2-4-13(19)14(20)7-10/h1-4,7-8,19-20H,5-6H2,(H,18,21). The van der Waals surface area contributed by atoms with Crippen LogP contribution >= 0.6 is 23.2 Å². The fraction of sp³-hybridized carbons (Fsp3) is 0.133. The second-order valence-corrected chi connectivity index (χ2v) is 5.29. The summed E-state index contributed by atoms with van der Waals surface area (Å²) in [6.45, 7) is 0.391. The van der Waals surface area contributed by atoms with Gasteiger partial charge in [0.25, 0.3) is 5.91 Å². The van der Waals surface area contributed by atoms with Crippen LogP contribution in [0.15, 0.2) is 36.4 Å². The minimum atomic E-state index is -0.338. The van der Waals surface area contributed by atoms with Crippen molar-refractivity contribution in [3.8, 4) is 11.5 Å². The molecule has 6 heteroatoms. The maximum atomic E-state index is 11.9. The molecule has 0 unspecified atom stereocenters. The first kappa shape index (κ1) is 15.5. The zero-order valence-corrected chi connectivity index (χ0v) is 12.4. The molecule has 3 N–H and O–H groups in total.